The fourth-order valence-electron chi connectivity index (χ4n) is 1.33. The third-order valence-corrected chi connectivity index (χ3v) is 2.21. The van der Waals surface area contributed by atoms with Crippen molar-refractivity contribution >= 4 is 23.9 Å². The summed E-state index contributed by atoms with van der Waals surface area (Å²) in [7, 11) is 0. The average Bonchev–Trinajstić information content (AvgIpc) is 2.24. The molecule has 1 atom stereocenters. The number of alkyl carbamates (subject to hydrolysis) is 1. The number of esters is 1. The van der Waals surface area contributed by atoms with Crippen LogP contribution in [0.1, 0.15) is 34.1 Å². The summed E-state index contributed by atoms with van der Waals surface area (Å²) in [6.45, 7) is 6.13. The van der Waals surface area contributed by atoms with Gasteiger partial charge in [-0.05, 0) is 27.7 Å². The van der Waals surface area contributed by atoms with Crippen LogP contribution in [0.15, 0.2) is 0 Å². The van der Waals surface area contributed by atoms with Crippen molar-refractivity contribution in [2.45, 2.75) is 45.3 Å². The van der Waals surface area contributed by atoms with Crippen molar-refractivity contribution in [1.29, 1.82) is 0 Å². The van der Waals surface area contributed by atoms with Gasteiger partial charge in [0.25, 0.3) is 5.91 Å². The maximum absolute atomic E-state index is 11.7. The van der Waals surface area contributed by atoms with Crippen LogP contribution in [0, 0.1) is 0 Å². The molecule has 0 aromatic rings. The van der Waals surface area contributed by atoms with E-state index >= 15 is 0 Å². The van der Waals surface area contributed by atoms with E-state index in [-0.39, 0.29) is 6.61 Å². The third-order valence-electron chi connectivity index (χ3n) is 2.21. The zero-order valence-electron chi connectivity index (χ0n) is 12.4. The Labute approximate surface area is 121 Å². The van der Waals surface area contributed by atoms with Crippen molar-refractivity contribution in [3.63, 3.8) is 0 Å². The molecular formula is C12H20N2O7. The van der Waals surface area contributed by atoms with Crippen molar-refractivity contribution in [2.24, 2.45) is 5.73 Å². The van der Waals surface area contributed by atoms with Gasteiger partial charge in [-0.25, -0.2) is 9.59 Å². The quantitative estimate of drug-likeness (QED) is 0.454. The molecule has 0 saturated heterocycles. The van der Waals surface area contributed by atoms with Gasteiger partial charge in [0.05, 0.1) is 13.0 Å². The normalized spacial score (nSPS) is 13.7. The van der Waals surface area contributed by atoms with Gasteiger partial charge in [0.1, 0.15) is 5.60 Å². The monoisotopic (exact) mass is 304 g/mol. The van der Waals surface area contributed by atoms with Crippen LogP contribution in [0.5, 0.6) is 0 Å². The number of nitrogens with one attached hydrogen (secondary N) is 1. The number of ether oxygens (including phenoxy) is 2. The summed E-state index contributed by atoms with van der Waals surface area (Å²) in [5.74, 6) is -4.18. The third kappa shape index (κ3) is 5.67. The Kier molecular flexibility index (Phi) is 6.15. The molecule has 0 heterocycles. The van der Waals surface area contributed by atoms with Crippen LogP contribution in [0.4, 0.5) is 4.79 Å². The first-order valence-electron chi connectivity index (χ1n) is 6.14. The molecule has 0 aliphatic rings. The van der Waals surface area contributed by atoms with Gasteiger partial charge in [0.2, 0.25) is 5.54 Å². The maximum atomic E-state index is 11.7. The van der Waals surface area contributed by atoms with E-state index in [1.165, 1.54) is 6.92 Å². The van der Waals surface area contributed by atoms with Crippen molar-refractivity contribution in [3.8, 4) is 0 Å². The van der Waals surface area contributed by atoms with E-state index in [2.05, 4.69) is 4.74 Å². The number of carboxylic acid groups (broad SMARTS) is 1. The maximum Gasteiger partial charge on any atom is 0.408 e. The molecule has 0 saturated carbocycles. The zero-order chi connectivity index (χ0) is 16.8. The Morgan fingerprint density at radius 1 is 1.19 bits per heavy atom. The largest absolute Gasteiger partial charge is 0.479 e. The first kappa shape index (κ1) is 18.7. The molecule has 0 radical (unpaired) electrons. The van der Waals surface area contributed by atoms with Crippen molar-refractivity contribution in [1.82, 2.24) is 5.32 Å². The second kappa shape index (κ2) is 6.91. The minimum absolute atomic E-state index is 0.0142. The van der Waals surface area contributed by atoms with Gasteiger partial charge in [-0.15, -0.1) is 0 Å². The Balaban J connectivity index is 5.31. The highest BCUT2D eigenvalue weighted by Crippen LogP contribution is 2.15. The lowest BCUT2D eigenvalue weighted by atomic mass is 9.94. The number of carbonyl (C=O) groups is 4. The Hall–Kier alpha value is -2.32. The summed E-state index contributed by atoms with van der Waals surface area (Å²) >= 11 is 0. The Bertz CT molecular complexity index is 425. The lowest BCUT2D eigenvalue weighted by Gasteiger charge is -2.28. The van der Waals surface area contributed by atoms with Crippen molar-refractivity contribution < 1.29 is 33.8 Å². The van der Waals surface area contributed by atoms with E-state index in [0.717, 1.165) is 0 Å². The molecule has 0 fully saturated rings. The molecule has 0 bridgehead atoms. The van der Waals surface area contributed by atoms with E-state index in [9.17, 15) is 24.3 Å². The predicted octanol–water partition coefficient (Wildman–Crippen LogP) is -0.227. The topological polar surface area (TPSA) is 145 Å². The average molecular weight is 304 g/mol. The van der Waals surface area contributed by atoms with Gasteiger partial charge >= 0.3 is 18.0 Å². The van der Waals surface area contributed by atoms with E-state index in [1.807, 2.05) is 5.32 Å². The molecule has 0 aliphatic heterocycles. The van der Waals surface area contributed by atoms with Crippen LogP contribution in [0.3, 0.4) is 0 Å². The molecule has 120 valence electrons. The Morgan fingerprint density at radius 3 is 2.05 bits per heavy atom. The van der Waals surface area contributed by atoms with E-state index in [4.69, 9.17) is 10.5 Å². The second-order valence-corrected chi connectivity index (χ2v) is 5.18. The van der Waals surface area contributed by atoms with E-state index < -0.39 is 41.5 Å². The molecule has 0 spiro atoms. The molecule has 0 aliphatic carbocycles. The highest BCUT2D eigenvalue weighted by atomic mass is 16.6. The second-order valence-electron chi connectivity index (χ2n) is 5.18. The molecule has 0 aromatic heterocycles. The number of rotatable bonds is 6. The number of aliphatic carboxylic acids is 1. The van der Waals surface area contributed by atoms with Crippen molar-refractivity contribution in [3.05, 3.63) is 0 Å². The number of hydrogen-bond acceptors (Lipinski definition) is 6. The van der Waals surface area contributed by atoms with Gasteiger partial charge in [0.15, 0.2) is 0 Å². The molecule has 21 heavy (non-hydrogen) atoms. The highest BCUT2D eigenvalue weighted by Gasteiger charge is 2.49. The molecule has 9 nitrogen and oxygen atoms in total. The number of amides is 2. The van der Waals surface area contributed by atoms with Gasteiger partial charge < -0.3 is 20.3 Å². The molecule has 0 aromatic carbocycles. The standard InChI is InChI=1S/C12H20N2O7/c1-5-20-7(15)6-12(8(13)16,9(17)18)14-10(19)21-11(2,3)4/h5-6H2,1-4H3,(H2,13,16)(H,14,19)(H,17,18). The number of carbonyl (C=O) groups excluding carboxylic acids is 3. The fourth-order valence-corrected chi connectivity index (χ4v) is 1.33. The molecule has 4 N–H and O–H groups in total. The fraction of sp³-hybridized carbons (Fsp3) is 0.667. The summed E-state index contributed by atoms with van der Waals surface area (Å²) in [6.07, 6.45) is -2.13. The lowest BCUT2D eigenvalue weighted by Crippen LogP contribution is -2.64. The van der Waals surface area contributed by atoms with Crippen molar-refractivity contribution in [2.75, 3.05) is 6.61 Å². The minimum Gasteiger partial charge on any atom is -0.479 e. The summed E-state index contributed by atoms with van der Waals surface area (Å²) < 4.78 is 9.44. The number of primary amides is 1. The summed E-state index contributed by atoms with van der Waals surface area (Å²) in [4.78, 5) is 45.9. The van der Waals surface area contributed by atoms with Gasteiger partial charge in [-0.2, -0.15) is 0 Å². The summed E-state index contributed by atoms with van der Waals surface area (Å²) in [6, 6.07) is 0. The smallest absolute Gasteiger partial charge is 0.408 e. The number of carboxylic acids is 1. The molecular weight excluding hydrogens is 284 g/mol. The SMILES string of the molecule is CCOC(=O)CC(NC(=O)OC(C)(C)C)(C(N)=O)C(=O)O. The van der Waals surface area contributed by atoms with E-state index in [0.29, 0.717) is 0 Å². The van der Waals surface area contributed by atoms with Gasteiger partial charge in [0, 0.05) is 0 Å². The first-order valence-corrected chi connectivity index (χ1v) is 6.14. The van der Waals surface area contributed by atoms with E-state index in [1.54, 1.807) is 20.8 Å². The lowest BCUT2D eigenvalue weighted by molar-refractivity contribution is -0.157. The molecule has 0 rings (SSSR count). The Morgan fingerprint density at radius 2 is 1.71 bits per heavy atom. The van der Waals surface area contributed by atoms with Gasteiger partial charge in [-0.1, -0.05) is 0 Å². The van der Waals surface area contributed by atoms with Gasteiger partial charge in [-0.3, -0.25) is 14.9 Å². The summed E-state index contributed by atoms with van der Waals surface area (Å²) in [5.41, 5.74) is 1.48. The number of hydrogen-bond donors (Lipinski definition) is 3. The van der Waals surface area contributed by atoms with Crippen LogP contribution in [0.2, 0.25) is 0 Å². The van der Waals surface area contributed by atoms with Crippen LogP contribution in [-0.2, 0) is 23.9 Å². The molecule has 9 heteroatoms. The molecule has 1 unspecified atom stereocenters. The number of nitrogens with two attached hydrogens (primary N) is 1. The highest BCUT2D eigenvalue weighted by molar-refractivity contribution is 6.10. The predicted molar refractivity (Wildman–Crippen MR) is 70.2 cm³/mol. The summed E-state index contributed by atoms with van der Waals surface area (Å²) in [5, 5.41) is 11.0. The molecule has 2 amide bonds. The van der Waals surface area contributed by atoms with Crippen LogP contribution in [-0.4, -0.2) is 46.8 Å². The minimum atomic E-state index is -2.63. The van der Waals surface area contributed by atoms with Crippen LogP contribution in [0.25, 0.3) is 0 Å². The first-order chi connectivity index (χ1) is 9.44. The zero-order valence-corrected chi connectivity index (χ0v) is 12.4. The van der Waals surface area contributed by atoms with Crippen LogP contribution >= 0.6 is 0 Å². The van der Waals surface area contributed by atoms with Crippen LogP contribution < -0.4 is 11.1 Å².